The van der Waals surface area contributed by atoms with Crippen LogP contribution < -0.4 is 5.56 Å². The summed E-state index contributed by atoms with van der Waals surface area (Å²) in [5, 5.41) is 7.64. The van der Waals surface area contributed by atoms with Crippen LogP contribution in [0.4, 0.5) is 0 Å². The molecule has 8 heteroatoms. The van der Waals surface area contributed by atoms with E-state index in [2.05, 4.69) is 21.2 Å². The first-order valence-corrected chi connectivity index (χ1v) is 10.3. The van der Waals surface area contributed by atoms with Crippen LogP contribution in [0, 0.1) is 20.8 Å². The first-order chi connectivity index (χ1) is 13.9. The van der Waals surface area contributed by atoms with Crippen molar-refractivity contribution in [2.75, 3.05) is 13.1 Å². The first kappa shape index (κ1) is 19.4. The maximum atomic E-state index is 12.6. The number of hydrogen-bond acceptors (Lipinski definition) is 4. The number of aryl methyl sites for hydroxylation is 4. The van der Waals surface area contributed by atoms with E-state index in [0.717, 1.165) is 61.7 Å². The summed E-state index contributed by atoms with van der Waals surface area (Å²) >= 11 is 0. The predicted octanol–water partition coefficient (Wildman–Crippen LogP) is 2.33. The second-order valence-electron chi connectivity index (χ2n) is 8.05. The second kappa shape index (κ2) is 7.85. The van der Waals surface area contributed by atoms with Crippen molar-refractivity contribution in [3.63, 3.8) is 0 Å². The molecule has 3 aromatic heterocycles. The lowest BCUT2D eigenvalue weighted by Crippen LogP contribution is -2.38. The number of hydrogen-bond donors (Lipinski definition) is 1. The number of aromatic nitrogens is 5. The first-order valence-electron chi connectivity index (χ1n) is 10.3. The van der Waals surface area contributed by atoms with Crippen molar-refractivity contribution in [2.45, 2.75) is 58.9 Å². The van der Waals surface area contributed by atoms with Gasteiger partial charge in [-0.3, -0.25) is 19.4 Å². The number of nitrogens with zero attached hydrogens (tertiary/aromatic N) is 5. The molecule has 154 valence electrons. The molecular formula is C21H28N6O2. The predicted molar refractivity (Wildman–Crippen MR) is 110 cm³/mol. The molecule has 0 spiro atoms. The Labute approximate surface area is 169 Å². The molecule has 1 fully saturated rings. The third kappa shape index (κ3) is 4.11. The molecule has 1 amide bonds. The average Bonchev–Trinajstić information content (AvgIpc) is 3.24. The number of nitrogens with one attached hydrogen (secondary N) is 1. The van der Waals surface area contributed by atoms with Crippen molar-refractivity contribution in [1.29, 1.82) is 0 Å². The Morgan fingerprint density at radius 3 is 2.59 bits per heavy atom. The van der Waals surface area contributed by atoms with E-state index >= 15 is 0 Å². The number of aromatic amines is 1. The van der Waals surface area contributed by atoms with E-state index in [-0.39, 0.29) is 11.5 Å². The van der Waals surface area contributed by atoms with Gasteiger partial charge in [-0.2, -0.15) is 5.10 Å². The average molecular weight is 396 g/mol. The van der Waals surface area contributed by atoms with E-state index < -0.39 is 0 Å². The Morgan fingerprint density at radius 2 is 1.90 bits per heavy atom. The maximum absolute atomic E-state index is 12.6. The fourth-order valence-corrected chi connectivity index (χ4v) is 4.22. The van der Waals surface area contributed by atoms with Crippen LogP contribution in [-0.4, -0.2) is 48.3 Å². The van der Waals surface area contributed by atoms with E-state index in [1.165, 1.54) is 10.6 Å². The normalized spacial score (nSPS) is 15.3. The molecule has 1 aliphatic rings. The summed E-state index contributed by atoms with van der Waals surface area (Å²) in [5.41, 5.74) is 4.47. The smallest absolute Gasteiger partial charge is 0.272 e. The second-order valence-corrected chi connectivity index (χ2v) is 8.05. The molecule has 0 unspecified atom stereocenters. The Balaban J connectivity index is 1.31. The van der Waals surface area contributed by atoms with Gasteiger partial charge in [0, 0.05) is 61.2 Å². The summed E-state index contributed by atoms with van der Waals surface area (Å²) in [6.07, 6.45) is 3.14. The molecule has 0 radical (unpaired) electrons. The minimum absolute atomic E-state index is 0.0889. The Hall–Kier alpha value is -2.90. The zero-order valence-electron chi connectivity index (χ0n) is 17.3. The van der Waals surface area contributed by atoms with Crippen LogP contribution in [0.3, 0.4) is 0 Å². The highest BCUT2D eigenvalue weighted by Gasteiger charge is 2.25. The molecule has 4 rings (SSSR count). The lowest BCUT2D eigenvalue weighted by molar-refractivity contribution is -0.132. The van der Waals surface area contributed by atoms with Crippen LogP contribution in [0.1, 0.15) is 54.4 Å². The lowest BCUT2D eigenvalue weighted by atomic mass is 9.93. The van der Waals surface area contributed by atoms with E-state index in [1.807, 2.05) is 36.4 Å². The highest BCUT2D eigenvalue weighted by atomic mass is 16.2. The van der Waals surface area contributed by atoms with E-state index in [1.54, 1.807) is 0 Å². The fourth-order valence-electron chi connectivity index (χ4n) is 4.22. The third-order valence-corrected chi connectivity index (χ3v) is 5.75. The van der Waals surface area contributed by atoms with Gasteiger partial charge >= 0.3 is 0 Å². The van der Waals surface area contributed by atoms with Crippen LogP contribution >= 0.6 is 0 Å². The fraction of sp³-hybridized carbons (Fsp3) is 0.524. The van der Waals surface area contributed by atoms with Gasteiger partial charge in [-0.25, -0.2) is 9.50 Å². The summed E-state index contributed by atoms with van der Waals surface area (Å²) in [6.45, 7) is 8.13. The van der Waals surface area contributed by atoms with Crippen molar-refractivity contribution in [2.24, 2.45) is 0 Å². The number of likely N-dealkylation sites (tertiary alicyclic amines) is 1. The quantitative estimate of drug-likeness (QED) is 0.717. The van der Waals surface area contributed by atoms with Crippen LogP contribution in [0.5, 0.6) is 0 Å². The lowest BCUT2D eigenvalue weighted by Gasteiger charge is -2.31. The zero-order chi connectivity index (χ0) is 20.5. The van der Waals surface area contributed by atoms with Crippen molar-refractivity contribution in [1.82, 2.24) is 29.3 Å². The molecule has 1 aliphatic heterocycles. The zero-order valence-corrected chi connectivity index (χ0v) is 17.3. The van der Waals surface area contributed by atoms with Gasteiger partial charge < -0.3 is 4.90 Å². The minimum atomic E-state index is -0.0889. The van der Waals surface area contributed by atoms with Gasteiger partial charge in [-0.15, -0.1) is 0 Å². The summed E-state index contributed by atoms with van der Waals surface area (Å²) in [5.74, 6) is 0.533. The van der Waals surface area contributed by atoms with Crippen LogP contribution in [0.2, 0.25) is 0 Å². The summed E-state index contributed by atoms with van der Waals surface area (Å²) < 4.78 is 3.47. The number of H-pyrrole nitrogens is 1. The van der Waals surface area contributed by atoms with Crippen LogP contribution in [-0.2, 0) is 11.3 Å². The van der Waals surface area contributed by atoms with E-state index in [0.29, 0.717) is 18.0 Å². The Bertz CT molecular complexity index is 1080. The van der Waals surface area contributed by atoms with Crippen molar-refractivity contribution in [3.8, 4) is 0 Å². The monoisotopic (exact) mass is 396 g/mol. The van der Waals surface area contributed by atoms with Gasteiger partial charge in [-0.1, -0.05) is 0 Å². The summed E-state index contributed by atoms with van der Waals surface area (Å²) in [6, 6.07) is 5.55. The number of carbonyl (C=O) groups excluding carboxylic acids is 1. The van der Waals surface area contributed by atoms with Gasteiger partial charge in [0.25, 0.3) is 5.56 Å². The van der Waals surface area contributed by atoms with Gasteiger partial charge in [0.2, 0.25) is 5.91 Å². The Morgan fingerprint density at radius 1 is 1.14 bits per heavy atom. The number of carbonyl (C=O) groups is 1. The molecule has 0 atom stereocenters. The highest BCUT2D eigenvalue weighted by molar-refractivity contribution is 5.76. The third-order valence-electron chi connectivity index (χ3n) is 5.75. The standard InChI is InChI=1S/C21H28N6O2/c1-14-12-21(29)27-19(22-14)13-18(24-27)17-6-9-25(10-7-17)20(28)5-4-8-26-16(3)11-15(2)23-26/h11-13,17,24H,4-10H2,1-3H3. The molecule has 8 nitrogen and oxygen atoms in total. The van der Waals surface area contributed by atoms with Crippen molar-refractivity contribution < 1.29 is 4.79 Å². The highest BCUT2D eigenvalue weighted by Crippen LogP contribution is 2.27. The van der Waals surface area contributed by atoms with Gasteiger partial charge in [-0.05, 0) is 46.1 Å². The molecule has 0 bridgehead atoms. The maximum Gasteiger partial charge on any atom is 0.272 e. The Kier molecular flexibility index (Phi) is 5.25. The molecule has 0 saturated carbocycles. The summed E-state index contributed by atoms with van der Waals surface area (Å²) in [4.78, 5) is 31.1. The molecule has 29 heavy (non-hydrogen) atoms. The van der Waals surface area contributed by atoms with Gasteiger partial charge in [0.05, 0.1) is 5.69 Å². The molecule has 0 aliphatic carbocycles. The number of fused-ring (bicyclic) bond motifs is 1. The largest absolute Gasteiger partial charge is 0.343 e. The van der Waals surface area contributed by atoms with Gasteiger partial charge in [0.15, 0.2) is 5.65 Å². The molecule has 4 heterocycles. The van der Waals surface area contributed by atoms with E-state index in [4.69, 9.17) is 0 Å². The molecule has 1 saturated heterocycles. The van der Waals surface area contributed by atoms with E-state index in [9.17, 15) is 9.59 Å². The van der Waals surface area contributed by atoms with Gasteiger partial charge in [0.1, 0.15) is 0 Å². The van der Waals surface area contributed by atoms with Crippen LogP contribution in [0.15, 0.2) is 23.0 Å². The number of amides is 1. The number of piperidine rings is 1. The van der Waals surface area contributed by atoms with Crippen molar-refractivity contribution in [3.05, 3.63) is 51.3 Å². The SMILES string of the molecule is Cc1cc(=O)n2[nH]c(C3CCN(C(=O)CCCn4nc(C)cc4C)CC3)cc2n1. The summed E-state index contributed by atoms with van der Waals surface area (Å²) in [7, 11) is 0. The van der Waals surface area contributed by atoms with Crippen LogP contribution in [0.25, 0.3) is 5.65 Å². The molecule has 0 aromatic carbocycles. The minimum Gasteiger partial charge on any atom is -0.343 e. The van der Waals surface area contributed by atoms with Crippen molar-refractivity contribution >= 4 is 11.6 Å². The molecular weight excluding hydrogens is 368 g/mol. The molecule has 1 N–H and O–H groups in total. The topological polar surface area (TPSA) is 88.3 Å². The molecule has 3 aromatic rings. The number of rotatable bonds is 5.